The van der Waals surface area contributed by atoms with Crippen LogP contribution < -0.4 is 0 Å². The van der Waals surface area contributed by atoms with Crippen LogP contribution in [0.3, 0.4) is 0 Å². The molecule has 0 aliphatic rings. The molecule has 0 aromatic carbocycles. The average Bonchev–Trinajstić information content (AvgIpc) is 2.95. The lowest BCUT2D eigenvalue weighted by Gasteiger charge is -2.30. The molecule has 0 radical (unpaired) electrons. The zero-order valence-corrected chi connectivity index (χ0v) is 28.2. The third kappa shape index (κ3) is 19.0. The minimum Gasteiger partial charge on any atom is -0.481 e. The van der Waals surface area contributed by atoms with E-state index in [-0.39, 0.29) is 0 Å². The fourth-order valence-corrected chi connectivity index (χ4v) is 6.76. The third-order valence-corrected chi connectivity index (χ3v) is 9.75. The van der Waals surface area contributed by atoms with Crippen LogP contribution in [0.25, 0.3) is 0 Å². The van der Waals surface area contributed by atoms with Crippen molar-refractivity contribution in [2.45, 2.75) is 214 Å². The van der Waals surface area contributed by atoms with Gasteiger partial charge in [0.05, 0.1) is 10.8 Å². The van der Waals surface area contributed by atoms with Gasteiger partial charge in [-0.1, -0.05) is 175 Å². The van der Waals surface area contributed by atoms with E-state index in [0.29, 0.717) is 0 Å². The summed E-state index contributed by atoms with van der Waals surface area (Å²) in [6.07, 6.45) is 31.8. The molecule has 0 spiro atoms. The zero-order valence-electron chi connectivity index (χ0n) is 28.2. The Kier molecular flexibility index (Phi) is 25.9. The number of hydrogen-bond acceptors (Lipinski definition) is 2. The van der Waals surface area contributed by atoms with Crippen LogP contribution in [0.5, 0.6) is 0 Å². The lowest BCUT2D eigenvalue weighted by molar-refractivity contribution is -0.151. The maximum atomic E-state index is 12.3. The van der Waals surface area contributed by atoms with Crippen LogP contribution in [0.4, 0.5) is 0 Å². The molecule has 0 saturated carbocycles. The maximum absolute atomic E-state index is 12.3. The quantitative estimate of drug-likeness (QED) is 0.0776. The molecule has 0 bridgehead atoms. The highest BCUT2D eigenvalue weighted by Gasteiger charge is 2.37. The Morgan fingerprint density at radius 1 is 0.341 bits per heavy atom. The van der Waals surface area contributed by atoms with E-state index in [2.05, 4.69) is 27.7 Å². The summed E-state index contributed by atoms with van der Waals surface area (Å²) in [6.45, 7) is 8.76. The van der Waals surface area contributed by atoms with Crippen molar-refractivity contribution in [3.63, 3.8) is 0 Å². The molecule has 41 heavy (non-hydrogen) atoms. The molecule has 0 fully saturated rings. The molecule has 0 aromatic heterocycles. The SMILES string of the molecule is CCCCCC(CCCCC)(CCCCCCCCCCCCCC(CCCCC)(CCCCC)C(=O)O)C(=O)O. The molecule has 2 N–H and O–H groups in total. The van der Waals surface area contributed by atoms with Gasteiger partial charge in [0.1, 0.15) is 0 Å². The van der Waals surface area contributed by atoms with Gasteiger partial charge in [0.2, 0.25) is 0 Å². The fraction of sp³-hybridized carbons (Fsp3) is 0.946. The van der Waals surface area contributed by atoms with Gasteiger partial charge >= 0.3 is 11.9 Å². The second kappa shape index (κ2) is 26.6. The van der Waals surface area contributed by atoms with Crippen LogP contribution in [0.1, 0.15) is 214 Å². The minimum atomic E-state index is -0.550. The topological polar surface area (TPSA) is 74.6 Å². The molecule has 0 amide bonds. The molecule has 244 valence electrons. The Labute approximate surface area is 256 Å². The van der Waals surface area contributed by atoms with Crippen LogP contribution in [-0.2, 0) is 9.59 Å². The van der Waals surface area contributed by atoms with Gasteiger partial charge < -0.3 is 10.2 Å². The first-order valence-corrected chi connectivity index (χ1v) is 18.3. The second-order valence-corrected chi connectivity index (χ2v) is 13.4. The number of carboxylic acid groups (broad SMARTS) is 2. The van der Waals surface area contributed by atoms with Crippen LogP contribution in [0.15, 0.2) is 0 Å². The highest BCUT2D eigenvalue weighted by molar-refractivity contribution is 5.75. The molecule has 0 saturated heterocycles. The number of rotatable bonds is 32. The molecule has 0 aliphatic carbocycles. The number of unbranched alkanes of at least 4 members (excludes halogenated alkanes) is 18. The smallest absolute Gasteiger partial charge is 0.309 e. The predicted molar refractivity (Wildman–Crippen MR) is 177 cm³/mol. The Bertz CT molecular complexity index is 542. The van der Waals surface area contributed by atoms with E-state index >= 15 is 0 Å². The van der Waals surface area contributed by atoms with Gasteiger partial charge in [-0.15, -0.1) is 0 Å². The molecule has 0 atom stereocenters. The summed E-state index contributed by atoms with van der Waals surface area (Å²) in [5, 5.41) is 20.2. The largest absolute Gasteiger partial charge is 0.481 e. The van der Waals surface area contributed by atoms with Gasteiger partial charge in [0.15, 0.2) is 0 Å². The number of hydrogen-bond donors (Lipinski definition) is 2. The van der Waals surface area contributed by atoms with Crippen molar-refractivity contribution in [3.8, 4) is 0 Å². The summed E-state index contributed by atoms with van der Waals surface area (Å²) in [5.41, 5.74) is -0.973. The van der Waals surface area contributed by atoms with Crippen molar-refractivity contribution in [1.29, 1.82) is 0 Å². The van der Waals surface area contributed by atoms with Gasteiger partial charge in [0, 0.05) is 0 Å². The van der Waals surface area contributed by atoms with E-state index in [1.165, 1.54) is 57.8 Å². The lowest BCUT2D eigenvalue weighted by Crippen LogP contribution is -2.31. The van der Waals surface area contributed by atoms with E-state index in [1.54, 1.807) is 0 Å². The molecular weight excluding hydrogens is 508 g/mol. The van der Waals surface area contributed by atoms with Crippen LogP contribution in [-0.4, -0.2) is 22.2 Å². The molecule has 4 heteroatoms. The summed E-state index contributed by atoms with van der Waals surface area (Å²) >= 11 is 0. The highest BCUT2D eigenvalue weighted by atomic mass is 16.4. The maximum Gasteiger partial charge on any atom is 0.309 e. The van der Waals surface area contributed by atoms with E-state index < -0.39 is 22.8 Å². The molecule has 0 heterocycles. The normalized spacial score (nSPS) is 12.2. The Balaban J connectivity index is 4.19. The first kappa shape index (κ1) is 39.9. The standard InChI is InChI=1S/C37H72O4/c1-5-9-22-28-36(34(38)39,29-23-10-6-2)32-26-20-18-16-14-13-15-17-19-21-27-33-37(35(40)41,30-24-11-7-3)31-25-12-8-4/h5-33H2,1-4H3,(H,38,39)(H,40,41). The molecule has 0 aliphatic heterocycles. The first-order valence-electron chi connectivity index (χ1n) is 18.3. The summed E-state index contributed by atoms with van der Waals surface area (Å²) in [5.74, 6) is -1.10. The summed E-state index contributed by atoms with van der Waals surface area (Å²) in [4.78, 5) is 24.6. The van der Waals surface area contributed by atoms with E-state index in [9.17, 15) is 19.8 Å². The lowest BCUT2D eigenvalue weighted by atomic mass is 9.74. The van der Waals surface area contributed by atoms with Gasteiger partial charge in [-0.2, -0.15) is 0 Å². The summed E-state index contributed by atoms with van der Waals surface area (Å²) in [7, 11) is 0. The van der Waals surface area contributed by atoms with Crippen LogP contribution >= 0.6 is 0 Å². The Morgan fingerprint density at radius 3 is 0.683 bits per heavy atom. The molecule has 0 rings (SSSR count). The van der Waals surface area contributed by atoms with E-state index in [4.69, 9.17) is 0 Å². The van der Waals surface area contributed by atoms with Crippen molar-refractivity contribution in [2.24, 2.45) is 10.8 Å². The van der Waals surface area contributed by atoms with Crippen LogP contribution in [0.2, 0.25) is 0 Å². The number of carbonyl (C=O) groups is 2. The second-order valence-electron chi connectivity index (χ2n) is 13.4. The van der Waals surface area contributed by atoms with E-state index in [1.807, 2.05) is 0 Å². The summed E-state index contributed by atoms with van der Waals surface area (Å²) in [6, 6.07) is 0. The third-order valence-electron chi connectivity index (χ3n) is 9.75. The minimum absolute atomic E-state index is 0.487. The molecule has 4 nitrogen and oxygen atoms in total. The van der Waals surface area contributed by atoms with Gasteiger partial charge in [-0.05, 0) is 38.5 Å². The van der Waals surface area contributed by atoms with Crippen molar-refractivity contribution in [3.05, 3.63) is 0 Å². The number of aliphatic carboxylic acids is 2. The zero-order chi connectivity index (χ0) is 30.7. The van der Waals surface area contributed by atoms with Gasteiger partial charge in [-0.3, -0.25) is 9.59 Å². The molecule has 0 unspecified atom stereocenters. The molecule has 0 aromatic rings. The van der Waals surface area contributed by atoms with Crippen molar-refractivity contribution >= 4 is 11.9 Å². The van der Waals surface area contributed by atoms with Crippen molar-refractivity contribution in [2.75, 3.05) is 0 Å². The average molecular weight is 581 g/mol. The Morgan fingerprint density at radius 2 is 0.512 bits per heavy atom. The van der Waals surface area contributed by atoms with Gasteiger partial charge in [0.25, 0.3) is 0 Å². The van der Waals surface area contributed by atoms with Crippen LogP contribution in [0, 0.1) is 10.8 Å². The Hall–Kier alpha value is -1.06. The fourth-order valence-electron chi connectivity index (χ4n) is 6.76. The molecular formula is C37H72O4. The van der Waals surface area contributed by atoms with Crippen molar-refractivity contribution in [1.82, 2.24) is 0 Å². The van der Waals surface area contributed by atoms with Crippen molar-refractivity contribution < 1.29 is 19.8 Å². The summed E-state index contributed by atoms with van der Waals surface area (Å²) < 4.78 is 0. The first-order chi connectivity index (χ1) is 19.8. The van der Waals surface area contributed by atoms with E-state index in [0.717, 1.165) is 128 Å². The highest BCUT2D eigenvalue weighted by Crippen LogP contribution is 2.39. The van der Waals surface area contributed by atoms with Gasteiger partial charge in [-0.25, -0.2) is 0 Å². The number of carboxylic acids is 2. The monoisotopic (exact) mass is 581 g/mol. The predicted octanol–water partition coefficient (Wildman–Crippen LogP) is 12.5.